The third-order valence-electron chi connectivity index (χ3n) is 1.97. The summed E-state index contributed by atoms with van der Waals surface area (Å²) >= 11 is 4.99. The van der Waals surface area contributed by atoms with Crippen LogP contribution in [0.15, 0.2) is 39.6 Å². The van der Waals surface area contributed by atoms with Crippen molar-refractivity contribution in [2.24, 2.45) is 5.73 Å². The van der Waals surface area contributed by atoms with E-state index in [9.17, 15) is 0 Å². The van der Waals surface area contributed by atoms with Crippen LogP contribution < -0.4 is 5.73 Å². The number of hydrogen-bond acceptors (Lipinski definition) is 3. The molecular formula is C10H9BrN2S. The zero-order valence-corrected chi connectivity index (χ0v) is 9.75. The van der Waals surface area contributed by atoms with Crippen LogP contribution in [0.1, 0.15) is 17.3 Å². The lowest BCUT2D eigenvalue weighted by Gasteiger charge is -2.08. The smallest absolute Gasteiger partial charge is 0.0734 e. The first kappa shape index (κ1) is 9.83. The highest BCUT2D eigenvalue weighted by molar-refractivity contribution is 9.10. The quantitative estimate of drug-likeness (QED) is 0.910. The van der Waals surface area contributed by atoms with Crippen LogP contribution in [0.3, 0.4) is 0 Å². The Hall–Kier alpha value is -0.710. The van der Waals surface area contributed by atoms with E-state index in [4.69, 9.17) is 5.73 Å². The van der Waals surface area contributed by atoms with Crippen molar-refractivity contribution >= 4 is 27.3 Å². The highest BCUT2D eigenvalue weighted by Gasteiger charge is 2.09. The molecule has 2 nitrogen and oxygen atoms in total. The standard InChI is InChI=1S/C10H9BrN2S/c11-8-1-2-9(13-5-8)10(12)7-3-4-14-6-7/h1-6,10H,12H2. The highest BCUT2D eigenvalue weighted by Crippen LogP contribution is 2.20. The molecule has 72 valence electrons. The molecule has 1 unspecified atom stereocenters. The Morgan fingerprint density at radius 1 is 1.36 bits per heavy atom. The van der Waals surface area contributed by atoms with Crippen LogP contribution in [0.5, 0.6) is 0 Å². The lowest BCUT2D eigenvalue weighted by molar-refractivity contribution is 0.832. The van der Waals surface area contributed by atoms with Crippen LogP contribution in [0.4, 0.5) is 0 Å². The second-order valence-corrected chi connectivity index (χ2v) is 4.63. The molecule has 0 bridgehead atoms. The van der Waals surface area contributed by atoms with Gasteiger partial charge in [0.25, 0.3) is 0 Å². The molecule has 0 aromatic carbocycles. The number of nitrogens with zero attached hydrogens (tertiary/aromatic N) is 1. The monoisotopic (exact) mass is 268 g/mol. The first-order valence-electron chi connectivity index (χ1n) is 4.16. The van der Waals surface area contributed by atoms with Gasteiger partial charge in [-0.05, 0) is 50.5 Å². The van der Waals surface area contributed by atoms with Crippen molar-refractivity contribution in [3.05, 3.63) is 50.9 Å². The number of hydrogen-bond donors (Lipinski definition) is 1. The van der Waals surface area contributed by atoms with E-state index in [0.717, 1.165) is 15.7 Å². The summed E-state index contributed by atoms with van der Waals surface area (Å²) in [7, 11) is 0. The fourth-order valence-electron chi connectivity index (χ4n) is 1.19. The van der Waals surface area contributed by atoms with E-state index in [0.29, 0.717) is 0 Å². The Morgan fingerprint density at radius 2 is 2.21 bits per heavy atom. The Kier molecular flexibility index (Phi) is 2.96. The number of pyridine rings is 1. The van der Waals surface area contributed by atoms with Crippen LogP contribution in [-0.2, 0) is 0 Å². The highest BCUT2D eigenvalue weighted by atomic mass is 79.9. The topological polar surface area (TPSA) is 38.9 Å². The second-order valence-electron chi connectivity index (χ2n) is 2.94. The maximum atomic E-state index is 6.04. The molecule has 0 aliphatic rings. The zero-order chi connectivity index (χ0) is 9.97. The minimum absolute atomic E-state index is 0.116. The molecule has 0 aliphatic heterocycles. The number of aromatic nitrogens is 1. The first-order valence-corrected chi connectivity index (χ1v) is 5.90. The Bertz CT molecular complexity index is 397. The fourth-order valence-corrected chi connectivity index (χ4v) is 2.13. The van der Waals surface area contributed by atoms with Gasteiger partial charge in [0.1, 0.15) is 0 Å². The number of nitrogens with two attached hydrogens (primary N) is 1. The van der Waals surface area contributed by atoms with Gasteiger partial charge < -0.3 is 5.73 Å². The fraction of sp³-hybridized carbons (Fsp3) is 0.100. The Balaban J connectivity index is 2.28. The summed E-state index contributed by atoms with van der Waals surface area (Å²) in [6.07, 6.45) is 1.77. The number of thiophene rings is 1. The molecule has 2 aromatic rings. The van der Waals surface area contributed by atoms with E-state index in [1.165, 1.54) is 0 Å². The molecule has 1 atom stereocenters. The zero-order valence-electron chi connectivity index (χ0n) is 7.35. The van der Waals surface area contributed by atoms with E-state index < -0.39 is 0 Å². The van der Waals surface area contributed by atoms with E-state index in [1.807, 2.05) is 29.0 Å². The van der Waals surface area contributed by atoms with Gasteiger partial charge in [0.2, 0.25) is 0 Å². The van der Waals surface area contributed by atoms with Crippen molar-refractivity contribution in [3.63, 3.8) is 0 Å². The van der Waals surface area contributed by atoms with E-state index in [-0.39, 0.29) is 6.04 Å². The SMILES string of the molecule is NC(c1ccsc1)c1ccc(Br)cn1. The molecule has 14 heavy (non-hydrogen) atoms. The van der Waals surface area contributed by atoms with Gasteiger partial charge in [-0.2, -0.15) is 11.3 Å². The van der Waals surface area contributed by atoms with E-state index in [2.05, 4.69) is 20.9 Å². The van der Waals surface area contributed by atoms with Gasteiger partial charge >= 0.3 is 0 Å². The molecule has 2 rings (SSSR count). The number of halogens is 1. The molecular weight excluding hydrogens is 260 g/mol. The maximum absolute atomic E-state index is 6.04. The first-order chi connectivity index (χ1) is 6.77. The van der Waals surface area contributed by atoms with Gasteiger partial charge in [-0.1, -0.05) is 0 Å². The summed E-state index contributed by atoms with van der Waals surface area (Å²) in [5.41, 5.74) is 8.05. The van der Waals surface area contributed by atoms with Gasteiger partial charge in [0, 0.05) is 10.7 Å². The van der Waals surface area contributed by atoms with Gasteiger partial charge in [-0.25, -0.2) is 0 Å². The average Bonchev–Trinajstić information content (AvgIpc) is 2.71. The summed E-state index contributed by atoms with van der Waals surface area (Å²) in [5.74, 6) is 0. The lowest BCUT2D eigenvalue weighted by Crippen LogP contribution is -2.12. The summed E-state index contributed by atoms with van der Waals surface area (Å²) in [5, 5.41) is 4.07. The molecule has 2 aromatic heterocycles. The van der Waals surface area contributed by atoms with Crippen molar-refractivity contribution in [2.75, 3.05) is 0 Å². The predicted molar refractivity (Wildman–Crippen MR) is 62.3 cm³/mol. The molecule has 0 saturated carbocycles. The van der Waals surface area contributed by atoms with Crippen molar-refractivity contribution in [2.45, 2.75) is 6.04 Å². The average molecular weight is 269 g/mol. The summed E-state index contributed by atoms with van der Waals surface area (Å²) in [6, 6.07) is 5.80. The van der Waals surface area contributed by atoms with Crippen LogP contribution in [0.25, 0.3) is 0 Å². The molecule has 0 spiro atoms. The van der Waals surface area contributed by atoms with Crippen molar-refractivity contribution in [3.8, 4) is 0 Å². The second kappa shape index (κ2) is 4.21. The minimum atomic E-state index is -0.116. The van der Waals surface area contributed by atoms with Gasteiger partial charge in [0.15, 0.2) is 0 Å². The number of rotatable bonds is 2. The van der Waals surface area contributed by atoms with Crippen LogP contribution in [-0.4, -0.2) is 4.98 Å². The Labute approximate surface area is 94.9 Å². The normalized spacial score (nSPS) is 12.7. The van der Waals surface area contributed by atoms with Crippen LogP contribution in [0.2, 0.25) is 0 Å². The molecule has 4 heteroatoms. The van der Waals surface area contributed by atoms with E-state index in [1.54, 1.807) is 17.5 Å². The third-order valence-corrected chi connectivity index (χ3v) is 3.14. The Morgan fingerprint density at radius 3 is 2.79 bits per heavy atom. The summed E-state index contributed by atoms with van der Waals surface area (Å²) < 4.78 is 0.971. The van der Waals surface area contributed by atoms with Crippen molar-refractivity contribution in [1.29, 1.82) is 0 Å². The molecule has 0 saturated heterocycles. The molecule has 2 heterocycles. The molecule has 0 radical (unpaired) electrons. The van der Waals surface area contributed by atoms with Gasteiger partial charge in [-0.15, -0.1) is 0 Å². The molecule has 0 aliphatic carbocycles. The van der Waals surface area contributed by atoms with Crippen molar-refractivity contribution in [1.82, 2.24) is 4.98 Å². The lowest BCUT2D eigenvalue weighted by atomic mass is 10.1. The largest absolute Gasteiger partial charge is 0.319 e. The third kappa shape index (κ3) is 2.03. The van der Waals surface area contributed by atoms with Crippen molar-refractivity contribution < 1.29 is 0 Å². The summed E-state index contributed by atoms with van der Waals surface area (Å²) in [6.45, 7) is 0. The molecule has 0 amide bonds. The van der Waals surface area contributed by atoms with Crippen LogP contribution >= 0.6 is 27.3 Å². The maximum Gasteiger partial charge on any atom is 0.0734 e. The molecule has 2 N–H and O–H groups in total. The predicted octanol–water partition coefficient (Wildman–Crippen LogP) is 2.95. The van der Waals surface area contributed by atoms with E-state index >= 15 is 0 Å². The van der Waals surface area contributed by atoms with Gasteiger partial charge in [0.05, 0.1) is 11.7 Å². The minimum Gasteiger partial charge on any atom is -0.319 e. The summed E-state index contributed by atoms with van der Waals surface area (Å²) in [4.78, 5) is 4.27. The molecule has 0 fully saturated rings. The van der Waals surface area contributed by atoms with Crippen LogP contribution in [0, 0.1) is 0 Å². The van der Waals surface area contributed by atoms with Gasteiger partial charge in [-0.3, -0.25) is 4.98 Å².